The molecule has 2 aromatic rings. The molecule has 1 aliphatic rings. The fourth-order valence-electron chi connectivity index (χ4n) is 2.77. The van der Waals surface area contributed by atoms with Crippen LogP contribution in [0.2, 0.25) is 0 Å². The molecule has 0 aromatic carbocycles. The number of carbonyl (C=O) groups is 1. The second-order valence-corrected chi connectivity index (χ2v) is 6.43. The van der Waals surface area contributed by atoms with E-state index < -0.39 is 0 Å². The number of rotatable bonds is 5. The number of nitrogens with one attached hydrogen (secondary N) is 1. The highest BCUT2D eigenvalue weighted by Gasteiger charge is 2.20. The lowest BCUT2D eigenvalue weighted by Gasteiger charge is -2.10. The molecule has 1 amide bonds. The third kappa shape index (κ3) is 2.91. The molecule has 0 fully saturated rings. The zero-order valence-electron chi connectivity index (χ0n) is 12.6. The van der Waals surface area contributed by atoms with Crippen molar-refractivity contribution in [3.05, 3.63) is 27.1 Å². The first-order chi connectivity index (χ1) is 10.7. The number of thiophene rings is 1. The van der Waals surface area contributed by atoms with E-state index in [9.17, 15) is 9.59 Å². The molecule has 0 saturated carbocycles. The molecule has 0 spiro atoms. The van der Waals surface area contributed by atoms with Crippen molar-refractivity contribution in [3.63, 3.8) is 0 Å². The van der Waals surface area contributed by atoms with Crippen molar-refractivity contribution in [3.8, 4) is 0 Å². The predicted octanol–water partition coefficient (Wildman–Crippen LogP) is 1.79. The van der Waals surface area contributed by atoms with Gasteiger partial charge in [-0.3, -0.25) is 19.0 Å². The highest BCUT2D eigenvalue weighted by Crippen LogP contribution is 2.33. The van der Waals surface area contributed by atoms with Crippen molar-refractivity contribution in [2.45, 2.75) is 45.6 Å². The molecule has 22 heavy (non-hydrogen) atoms. The lowest BCUT2D eigenvalue weighted by atomic mass is 9.97. The number of hydrogen-bond donors (Lipinski definition) is 1. The Morgan fingerprint density at radius 1 is 1.45 bits per heavy atom. The van der Waals surface area contributed by atoms with Crippen LogP contribution in [0.3, 0.4) is 0 Å². The van der Waals surface area contributed by atoms with Gasteiger partial charge in [-0.25, -0.2) is 10.5 Å². The number of amides is 1. The average Bonchev–Trinajstić information content (AvgIpc) is 2.91. The third-order valence-electron chi connectivity index (χ3n) is 3.85. The zero-order chi connectivity index (χ0) is 15.5. The van der Waals surface area contributed by atoms with E-state index in [4.69, 9.17) is 4.84 Å². The molecular formula is C15H19N3O3S. The molecule has 6 nitrogen and oxygen atoms in total. The summed E-state index contributed by atoms with van der Waals surface area (Å²) in [6.45, 7) is 2.52. The largest absolute Gasteiger partial charge is 0.298 e. The van der Waals surface area contributed by atoms with Crippen LogP contribution in [0.4, 0.5) is 0 Å². The average molecular weight is 321 g/mol. The van der Waals surface area contributed by atoms with E-state index in [0.717, 1.165) is 29.5 Å². The van der Waals surface area contributed by atoms with Gasteiger partial charge in [0.15, 0.2) is 0 Å². The number of aromatic nitrogens is 2. The van der Waals surface area contributed by atoms with E-state index in [-0.39, 0.29) is 17.9 Å². The number of hydrogen-bond acceptors (Lipinski definition) is 5. The molecule has 3 rings (SSSR count). The smallest absolute Gasteiger partial charge is 0.262 e. The van der Waals surface area contributed by atoms with E-state index in [1.165, 1.54) is 21.4 Å². The summed E-state index contributed by atoms with van der Waals surface area (Å²) in [6, 6.07) is 0. The minimum atomic E-state index is -0.235. The summed E-state index contributed by atoms with van der Waals surface area (Å²) in [5.74, 6) is -0.235. The van der Waals surface area contributed by atoms with Gasteiger partial charge >= 0.3 is 0 Å². The molecule has 0 aliphatic heterocycles. The maximum absolute atomic E-state index is 12.7. The van der Waals surface area contributed by atoms with Crippen molar-refractivity contribution >= 4 is 27.5 Å². The van der Waals surface area contributed by atoms with Gasteiger partial charge in [-0.15, -0.1) is 11.3 Å². The van der Waals surface area contributed by atoms with Gasteiger partial charge in [0, 0.05) is 17.8 Å². The molecule has 0 radical (unpaired) electrons. The number of fused-ring (bicyclic) bond motifs is 3. The zero-order valence-corrected chi connectivity index (χ0v) is 13.4. The van der Waals surface area contributed by atoms with Crippen LogP contribution in [0, 0.1) is 0 Å². The second-order valence-electron chi connectivity index (χ2n) is 5.34. The van der Waals surface area contributed by atoms with Crippen LogP contribution in [0.25, 0.3) is 10.2 Å². The number of hydroxylamine groups is 1. The Kier molecular flexibility index (Phi) is 4.54. The van der Waals surface area contributed by atoms with E-state index in [1.807, 2.05) is 0 Å². The van der Waals surface area contributed by atoms with E-state index in [2.05, 4.69) is 10.5 Å². The molecule has 0 saturated heterocycles. The van der Waals surface area contributed by atoms with Gasteiger partial charge in [-0.05, 0) is 38.2 Å². The predicted molar refractivity (Wildman–Crippen MR) is 84.9 cm³/mol. The molecule has 0 unspecified atom stereocenters. The van der Waals surface area contributed by atoms with Crippen molar-refractivity contribution in [1.29, 1.82) is 0 Å². The maximum Gasteiger partial charge on any atom is 0.262 e. The Balaban J connectivity index is 1.84. The summed E-state index contributed by atoms with van der Waals surface area (Å²) < 4.78 is 1.52. The number of aryl methyl sites for hydroxylation is 3. The molecule has 0 bridgehead atoms. The fourth-order valence-corrected chi connectivity index (χ4v) is 3.99. The van der Waals surface area contributed by atoms with Crippen LogP contribution in [-0.4, -0.2) is 22.1 Å². The van der Waals surface area contributed by atoms with Crippen LogP contribution in [0.15, 0.2) is 11.1 Å². The Labute approximate surface area is 132 Å². The topological polar surface area (TPSA) is 73.2 Å². The number of nitrogens with zero attached hydrogens (tertiary/aromatic N) is 2. The molecular weight excluding hydrogens is 302 g/mol. The lowest BCUT2D eigenvalue weighted by Crippen LogP contribution is -2.27. The van der Waals surface area contributed by atoms with Crippen LogP contribution in [0.1, 0.15) is 36.6 Å². The van der Waals surface area contributed by atoms with Crippen LogP contribution >= 0.6 is 11.3 Å². The quantitative estimate of drug-likeness (QED) is 0.852. The first-order valence-electron chi connectivity index (χ1n) is 7.61. The van der Waals surface area contributed by atoms with Crippen molar-refractivity contribution < 1.29 is 9.63 Å². The summed E-state index contributed by atoms with van der Waals surface area (Å²) in [6.07, 6.45) is 6.06. The molecule has 7 heteroatoms. The SMILES string of the molecule is CCONC(=O)CCn1cnc2sc3c(c2c1=O)CCCC3. The van der Waals surface area contributed by atoms with Gasteiger partial charge in [-0.2, -0.15) is 0 Å². The Morgan fingerprint density at radius 2 is 2.27 bits per heavy atom. The first-order valence-corrected chi connectivity index (χ1v) is 8.42. The van der Waals surface area contributed by atoms with Crippen LogP contribution < -0.4 is 11.0 Å². The lowest BCUT2D eigenvalue weighted by molar-refractivity contribution is -0.133. The fraction of sp³-hybridized carbons (Fsp3) is 0.533. The van der Waals surface area contributed by atoms with Gasteiger partial charge in [0.2, 0.25) is 5.91 Å². The summed E-state index contributed by atoms with van der Waals surface area (Å²) in [5.41, 5.74) is 3.48. The molecule has 2 aromatic heterocycles. The molecule has 2 heterocycles. The van der Waals surface area contributed by atoms with E-state index >= 15 is 0 Å². The van der Waals surface area contributed by atoms with Gasteiger partial charge in [0.25, 0.3) is 5.56 Å². The molecule has 1 N–H and O–H groups in total. The Morgan fingerprint density at radius 3 is 3.09 bits per heavy atom. The molecule has 1 aliphatic carbocycles. The van der Waals surface area contributed by atoms with Crippen molar-refractivity contribution in [2.75, 3.05) is 6.61 Å². The molecule has 118 valence electrons. The van der Waals surface area contributed by atoms with Crippen LogP contribution in [0.5, 0.6) is 0 Å². The molecule has 0 atom stereocenters. The van der Waals surface area contributed by atoms with Crippen molar-refractivity contribution in [1.82, 2.24) is 15.0 Å². The summed E-state index contributed by atoms with van der Waals surface area (Å²) in [4.78, 5) is 35.6. The second kappa shape index (κ2) is 6.58. The highest BCUT2D eigenvalue weighted by molar-refractivity contribution is 7.18. The van der Waals surface area contributed by atoms with Gasteiger partial charge < -0.3 is 0 Å². The highest BCUT2D eigenvalue weighted by atomic mass is 32.1. The van der Waals surface area contributed by atoms with Gasteiger partial charge in [-0.1, -0.05) is 0 Å². The summed E-state index contributed by atoms with van der Waals surface area (Å²) >= 11 is 1.63. The summed E-state index contributed by atoms with van der Waals surface area (Å²) in [5, 5.41) is 0.757. The Bertz CT molecular complexity index is 750. The third-order valence-corrected chi connectivity index (χ3v) is 5.05. The standard InChI is InChI=1S/C15H19N3O3S/c1-2-21-17-12(19)7-8-18-9-16-14-13(15(18)20)10-5-3-4-6-11(10)22-14/h9H,2-8H2,1H3,(H,17,19). The van der Waals surface area contributed by atoms with Crippen molar-refractivity contribution in [2.24, 2.45) is 0 Å². The maximum atomic E-state index is 12.7. The van der Waals surface area contributed by atoms with Gasteiger partial charge in [0.05, 0.1) is 18.3 Å². The van der Waals surface area contributed by atoms with Crippen LogP contribution in [-0.2, 0) is 29.0 Å². The number of carbonyl (C=O) groups excluding carboxylic acids is 1. The minimum absolute atomic E-state index is 0.0337. The van der Waals surface area contributed by atoms with E-state index in [0.29, 0.717) is 13.2 Å². The Hall–Kier alpha value is -1.73. The normalized spacial score (nSPS) is 14.0. The minimum Gasteiger partial charge on any atom is -0.298 e. The van der Waals surface area contributed by atoms with Gasteiger partial charge in [0.1, 0.15) is 4.83 Å². The van der Waals surface area contributed by atoms with E-state index in [1.54, 1.807) is 24.6 Å². The monoisotopic (exact) mass is 321 g/mol. The first kappa shape index (κ1) is 15.2. The summed E-state index contributed by atoms with van der Waals surface area (Å²) in [7, 11) is 0.